The van der Waals surface area contributed by atoms with E-state index in [0.717, 1.165) is 5.52 Å². The second kappa shape index (κ2) is 16.7. The van der Waals surface area contributed by atoms with Gasteiger partial charge in [0.1, 0.15) is 11.6 Å². The van der Waals surface area contributed by atoms with Gasteiger partial charge < -0.3 is 9.13 Å². The number of nitrogens with zero attached hydrogens (tertiary/aromatic N) is 5. The third-order valence-corrected chi connectivity index (χ3v) is 7.45. The van der Waals surface area contributed by atoms with Crippen molar-refractivity contribution in [3.8, 4) is 0 Å². The van der Waals surface area contributed by atoms with Crippen LogP contribution in [0.4, 0.5) is 0 Å². The van der Waals surface area contributed by atoms with Crippen LogP contribution in [0.2, 0.25) is 10.0 Å². The van der Waals surface area contributed by atoms with Gasteiger partial charge in [0.25, 0.3) is 0 Å². The Morgan fingerprint density at radius 2 is 1.06 bits per heavy atom. The van der Waals surface area contributed by atoms with Gasteiger partial charge in [-0.2, -0.15) is 0 Å². The molecule has 1 aliphatic heterocycles. The van der Waals surface area contributed by atoms with E-state index in [1.54, 1.807) is 53.1 Å². The summed E-state index contributed by atoms with van der Waals surface area (Å²) in [6, 6.07) is 26.7. The molecule has 5 nitrogen and oxygen atoms in total. The van der Waals surface area contributed by atoms with Crippen LogP contribution in [0.25, 0.3) is 22.1 Å². The standard InChI is InChI=1S/C19H20ClN3.C15H12Cl2N2.C5H10/c20-16-9-7-15(8-10-16)13-23-18-6-2-1-5-17(18)21-19(23)14-22-11-3-4-12-22;16-9-15-18-13-3-1-2-4-14(13)19(15)10-11-5-7-12(17)8-6-11;1-2-4-5-3-1/h1-2,5-10H,3-4,11-14H2;1-8H,9-10H2;1-5H2/i3D2,4D2,11D2,12D2,13D2;10D2;1D2,2D2,3D2,4D2. The minimum absolute atomic E-state index is 0.0857. The highest BCUT2D eigenvalue weighted by Crippen LogP contribution is 2.22. The predicted octanol–water partition coefficient (Wildman–Crippen LogP) is 10.8. The molecule has 2 aromatic heterocycles. The molecule has 47 heavy (non-hydrogen) atoms. The number of hydrogen-bond acceptors (Lipinski definition) is 3. The van der Waals surface area contributed by atoms with E-state index in [1.165, 1.54) is 28.8 Å². The first-order chi connectivity index (χ1) is 30.6. The van der Waals surface area contributed by atoms with Crippen molar-refractivity contribution in [3.63, 3.8) is 0 Å². The first-order valence-electron chi connectivity index (χ1n) is 24.4. The topological polar surface area (TPSA) is 38.9 Å². The van der Waals surface area contributed by atoms with E-state index in [4.69, 9.17) is 62.2 Å². The maximum atomic E-state index is 8.84. The molecule has 0 unspecified atom stereocenters. The fourth-order valence-electron chi connectivity index (χ4n) is 4.56. The lowest BCUT2D eigenvalue weighted by Gasteiger charge is -2.16. The Balaban J connectivity index is 0.000000185. The fourth-order valence-corrected chi connectivity index (χ4v) is 5.00. The van der Waals surface area contributed by atoms with E-state index >= 15 is 0 Å². The lowest BCUT2D eigenvalue weighted by molar-refractivity contribution is 0.318. The molecule has 8 rings (SSSR count). The minimum atomic E-state index is -3.18. The molecule has 0 radical (unpaired) electrons. The van der Waals surface area contributed by atoms with Crippen LogP contribution >= 0.6 is 34.8 Å². The minimum Gasteiger partial charge on any atom is -0.322 e. The van der Waals surface area contributed by atoms with Crippen molar-refractivity contribution >= 4 is 56.9 Å². The summed E-state index contributed by atoms with van der Waals surface area (Å²) >= 11 is 17.8. The lowest BCUT2D eigenvalue weighted by atomic mass is 10.2. The number of aromatic nitrogens is 4. The molecule has 1 saturated heterocycles. The molecule has 3 heterocycles. The van der Waals surface area contributed by atoms with Gasteiger partial charge in [-0.15, -0.1) is 11.6 Å². The maximum absolute atomic E-state index is 8.84. The van der Waals surface area contributed by atoms with Crippen molar-refractivity contribution in [2.75, 3.05) is 13.0 Å². The Hall–Kier alpha value is -3.35. The van der Waals surface area contributed by atoms with Gasteiger partial charge in [-0.1, -0.05) is 104 Å². The molecule has 4 aromatic carbocycles. The molecular weight excluding hydrogens is 645 g/mol. The zero-order valence-corrected chi connectivity index (χ0v) is 27.0. The summed E-state index contributed by atoms with van der Waals surface area (Å²) in [6.45, 7) is -10.7. The third-order valence-electron chi connectivity index (χ3n) is 6.71. The summed E-state index contributed by atoms with van der Waals surface area (Å²) < 4.78 is 160. The molecule has 1 saturated carbocycles. The Bertz CT molecular complexity index is 2710. The molecule has 1 aliphatic carbocycles. The Labute approximate surface area is 321 Å². The molecule has 2 fully saturated rings. The average molecular weight is 707 g/mol. The number of para-hydroxylation sites is 4. The Kier molecular flexibility index (Phi) is 5.97. The number of likely N-dealkylation sites (tertiary alicyclic amines) is 1. The largest absolute Gasteiger partial charge is 0.322 e. The van der Waals surface area contributed by atoms with Gasteiger partial charge in [0, 0.05) is 45.0 Å². The summed E-state index contributed by atoms with van der Waals surface area (Å²) in [5.74, 6) is 0.553. The first-order valence-corrected chi connectivity index (χ1v) is 15.6. The number of benzene rings is 4. The smallest absolute Gasteiger partial charge is 0.125 e. The van der Waals surface area contributed by atoms with E-state index < -0.39 is 77.2 Å². The van der Waals surface area contributed by atoms with Gasteiger partial charge >= 0.3 is 0 Å². The number of rotatable bonds is 7. The summed E-state index contributed by atoms with van der Waals surface area (Å²) in [5, 5.41) is 0.982. The van der Waals surface area contributed by atoms with E-state index in [-0.39, 0.29) is 17.3 Å². The van der Waals surface area contributed by atoms with Gasteiger partial charge in [0.2, 0.25) is 0 Å². The van der Waals surface area contributed by atoms with Gasteiger partial charge in [0.05, 0.1) is 40.0 Å². The van der Waals surface area contributed by atoms with Crippen molar-refractivity contribution in [3.05, 3.63) is 130 Å². The molecule has 8 heteroatoms. The SMILES string of the molecule is [2H]C([2H])(c1ccc(Cl)cc1)n1c(CCl)nc2ccccc21.[2H]C([2H])(c1ccc(Cl)cc1)n1c(CN2C([2H])([2H])C([2H])([2H])C([2H])([2H])C2([2H])[2H])nc2ccccc21.[2H]C1([2H])CC([2H])([2H])C([2H])([2H])C1([2H])[2H]. The molecule has 244 valence electrons. The number of imidazole rings is 2. The van der Waals surface area contributed by atoms with Crippen LogP contribution in [-0.2, 0) is 25.4 Å². The number of alkyl halides is 1. The van der Waals surface area contributed by atoms with Crippen molar-refractivity contribution in [2.45, 2.75) is 70.1 Å². The highest BCUT2D eigenvalue weighted by atomic mass is 35.5. The average Bonchev–Trinajstić information content (AvgIpc) is 3.85. The van der Waals surface area contributed by atoms with Crippen LogP contribution in [0.3, 0.4) is 0 Å². The van der Waals surface area contributed by atoms with Crippen LogP contribution < -0.4 is 0 Å². The molecule has 6 aromatic rings. The fraction of sp³-hybridized carbons (Fsp3) is 0.333. The molecule has 0 N–H and O–H groups in total. The Morgan fingerprint density at radius 1 is 0.596 bits per heavy atom. The van der Waals surface area contributed by atoms with Crippen LogP contribution in [0.15, 0.2) is 97.1 Å². The van der Waals surface area contributed by atoms with Crippen LogP contribution in [0.1, 0.15) is 94.8 Å². The maximum Gasteiger partial charge on any atom is 0.125 e. The third kappa shape index (κ3) is 8.97. The summed E-state index contributed by atoms with van der Waals surface area (Å²) in [7, 11) is 0. The van der Waals surface area contributed by atoms with E-state index in [9.17, 15) is 0 Å². The number of halogens is 3. The van der Waals surface area contributed by atoms with Crippen molar-refractivity contribution in [2.24, 2.45) is 0 Å². The van der Waals surface area contributed by atoms with Gasteiger partial charge in [0.15, 0.2) is 0 Å². The summed E-state index contributed by atoms with van der Waals surface area (Å²) in [4.78, 5) is 9.23. The highest BCUT2D eigenvalue weighted by molar-refractivity contribution is 6.30. The molecule has 0 amide bonds. The second-order valence-electron chi connectivity index (χ2n) is 9.92. The number of hydrogen-bond donors (Lipinski definition) is 0. The van der Waals surface area contributed by atoms with Gasteiger partial charge in [-0.3, -0.25) is 4.90 Å². The quantitative estimate of drug-likeness (QED) is 0.155. The van der Waals surface area contributed by atoms with E-state index in [2.05, 4.69) is 9.97 Å². The van der Waals surface area contributed by atoms with Crippen LogP contribution in [0.5, 0.6) is 0 Å². The molecule has 0 bridgehead atoms. The van der Waals surface area contributed by atoms with E-state index in [0.29, 0.717) is 42.9 Å². The molecule has 0 atom stereocenters. The monoisotopic (exact) mass is 705 g/mol. The molecule has 2 aliphatic rings. The summed E-state index contributed by atoms with van der Waals surface area (Å²) in [5.41, 5.74) is 2.89. The van der Waals surface area contributed by atoms with Crippen molar-refractivity contribution in [1.82, 2.24) is 24.0 Å². The van der Waals surface area contributed by atoms with Crippen LogP contribution in [-0.4, -0.2) is 37.0 Å². The highest BCUT2D eigenvalue weighted by Gasteiger charge is 2.17. The van der Waals surface area contributed by atoms with Crippen molar-refractivity contribution < 1.29 is 27.4 Å². The van der Waals surface area contributed by atoms with Gasteiger partial charge in [-0.25, -0.2) is 9.97 Å². The van der Waals surface area contributed by atoms with Gasteiger partial charge in [-0.05, 0) is 85.4 Å². The molecular formula is C39H42Cl3N5. The normalized spacial score (nSPS) is 30.1. The Morgan fingerprint density at radius 3 is 1.53 bits per heavy atom. The summed E-state index contributed by atoms with van der Waals surface area (Å²) in [6.07, 6.45) is -17.6. The number of fused-ring (bicyclic) bond motifs is 2. The second-order valence-corrected chi connectivity index (χ2v) is 11.1. The zero-order valence-electron chi connectivity index (χ0n) is 44.7. The lowest BCUT2D eigenvalue weighted by Crippen LogP contribution is -2.21. The zero-order chi connectivity index (χ0) is 50.4. The first kappa shape index (κ1) is 16.8. The van der Waals surface area contributed by atoms with Crippen LogP contribution in [0, 0.1) is 0 Å². The molecule has 0 spiro atoms. The van der Waals surface area contributed by atoms with E-state index in [1.807, 2.05) is 24.3 Å². The predicted molar refractivity (Wildman–Crippen MR) is 198 cm³/mol. The van der Waals surface area contributed by atoms with Crippen molar-refractivity contribution in [1.29, 1.82) is 0 Å².